The zero-order chi connectivity index (χ0) is 14.1. The van der Waals surface area contributed by atoms with E-state index in [2.05, 4.69) is 4.98 Å². The Labute approximate surface area is 95.0 Å². The largest absolute Gasteiger partial charge is 0.767 e. The number of nitro groups is 4. The first-order valence-corrected chi connectivity index (χ1v) is 3.88. The lowest BCUT2D eigenvalue weighted by Gasteiger charge is -2.06. The highest BCUT2D eigenvalue weighted by atomic mass is 16.7. The minimum atomic E-state index is -4.13. The summed E-state index contributed by atoms with van der Waals surface area (Å²) >= 11 is 0. The highest BCUT2D eigenvalue weighted by Gasteiger charge is 2.78. The van der Waals surface area contributed by atoms with Gasteiger partial charge in [0, 0.05) is 0 Å². The van der Waals surface area contributed by atoms with Gasteiger partial charge >= 0.3 is 11.6 Å². The summed E-state index contributed by atoms with van der Waals surface area (Å²) in [7, 11) is 0. The lowest BCUT2D eigenvalue weighted by molar-refractivity contribution is -0.988. The predicted octanol–water partition coefficient (Wildman–Crippen LogP) is -1.14. The van der Waals surface area contributed by atoms with Crippen LogP contribution in [0.1, 0.15) is 5.82 Å². The van der Waals surface area contributed by atoms with Gasteiger partial charge in [0.25, 0.3) is 0 Å². The summed E-state index contributed by atoms with van der Waals surface area (Å²) in [5.74, 6) is -5.66. The Morgan fingerprint density at radius 1 is 1.00 bits per heavy atom. The van der Waals surface area contributed by atoms with E-state index in [-0.39, 0.29) is 4.68 Å². The van der Waals surface area contributed by atoms with Crippen molar-refractivity contribution in [2.75, 3.05) is 0 Å². The number of rotatable bonds is 5. The molecular formula is C4H2N6O8. The fourth-order valence-corrected chi connectivity index (χ4v) is 1.11. The van der Waals surface area contributed by atoms with Crippen molar-refractivity contribution in [2.45, 2.75) is 5.79 Å². The molecule has 1 aromatic heterocycles. The SMILES string of the molecule is O=[N+]([O-])n1ccnc1C([N+](=O)[O-])([N+](=O)[O-])[N+](=O)[O-]. The van der Waals surface area contributed by atoms with Crippen LogP contribution in [-0.2, 0) is 5.79 Å². The average Bonchev–Trinajstić information content (AvgIpc) is 2.65. The molecule has 0 aromatic carbocycles. The molecule has 0 amide bonds. The van der Waals surface area contributed by atoms with Crippen LogP contribution in [0.5, 0.6) is 0 Å². The molecule has 1 aromatic rings. The minimum absolute atomic E-state index is 0.256. The van der Waals surface area contributed by atoms with Crippen LogP contribution in [0, 0.1) is 40.5 Å². The van der Waals surface area contributed by atoms with Crippen LogP contribution < -0.4 is 0 Å². The molecule has 0 atom stereocenters. The van der Waals surface area contributed by atoms with E-state index >= 15 is 0 Å². The van der Waals surface area contributed by atoms with Crippen molar-refractivity contribution in [2.24, 2.45) is 0 Å². The Hall–Kier alpha value is -3.19. The first kappa shape index (κ1) is 12.9. The van der Waals surface area contributed by atoms with Gasteiger partial charge in [-0.25, -0.2) is 15.1 Å². The van der Waals surface area contributed by atoms with Crippen LogP contribution in [0.3, 0.4) is 0 Å². The molecule has 96 valence electrons. The van der Waals surface area contributed by atoms with Crippen LogP contribution in [0.15, 0.2) is 12.4 Å². The monoisotopic (exact) mass is 262 g/mol. The highest BCUT2D eigenvalue weighted by molar-refractivity contribution is 4.94. The van der Waals surface area contributed by atoms with E-state index in [9.17, 15) is 40.5 Å². The molecule has 0 aliphatic carbocycles. The smallest absolute Gasteiger partial charge is 0.252 e. The third kappa shape index (κ3) is 1.47. The zero-order valence-corrected chi connectivity index (χ0v) is 8.10. The molecule has 0 bridgehead atoms. The summed E-state index contributed by atoms with van der Waals surface area (Å²) in [6.45, 7) is 0. The van der Waals surface area contributed by atoms with Crippen LogP contribution in [0.25, 0.3) is 0 Å². The zero-order valence-electron chi connectivity index (χ0n) is 8.10. The van der Waals surface area contributed by atoms with Crippen molar-refractivity contribution in [1.29, 1.82) is 0 Å². The molecule has 0 unspecified atom stereocenters. The van der Waals surface area contributed by atoms with Gasteiger partial charge in [-0.3, -0.25) is 30.3 Å². The third-order valence-corrected chi connectivity index (χ3v) is 1.86. The lowest BCUT2D eigenvalue weighted by Crippen LogP contribution is -2.52. The first-order chi connectivity index (χ1) is 8.26. The van der Waals surface area contributed by atoms with Gasteiger partial charge in [-0.2, -0.15) is 0 Å². The Morgan fingerprint density at radius 2 is 1.44 bits per heavy atom. The highest BCUT2D eigenvalue weighted by Crippen LogP contribution is 2.25. The molecule has 1 heterocycles. The van der Waals surface area contributed by atoms with Gasteiger partial charge < -0.3 is 0 Å². The van der Waals surface area contributed by atoms with Crippen LogP contribution in [0.2, 0.25) is 0 Å². The summed E-state index contributed by atoms with van der Waals surface area (Å²) in [5.41, 5.74) is 0. The van der Waals surface area contributed by atoms with Crippen molar-refractivity contribution < 1.29 is 19.8 Å². The second-order valence-electron chi connectivity index (χ2n) is 2.74. The van der Waals surface area contributed by atoms with E-state index in [1.54, 1.807) is 0 Å². The molecule has 0 spiro atoms. The average molecular weight is 262 g/mol. The summed E-state index contributed by atoms with van der Waals surface area (Å²) in [6, 6.07) is 0. The molecule has 1 rings (SSSR count). The second-order valence-corrected chi connectivity index (χ2v) is 2.74. The van der Waals surface area contributed by atoms with Crippen LogP contribution >= 0.6 is 0 Å². The molecule has 14 nitrogen and oxygen atoms in total. The minimum Gasteiger partial charge on any atom is -0.252 e. The number of hydrogen-bond acceptors (Lipinski definition) is 9. The number of nitrogens with zero attached hydrogens (tertiary/aromatic N) is 6. The van der Waals surface area contributed by atoms with Crippen molar-refractivity contribution >= 4 is 0 Å². The maximum Gasteiger partial charge on any atom is 0.767 e. The van der Waals surface area contributed by atoms with Crippen LogP contribution in [0.4, 0.5) is 0 Å². The normalized spacial score (nSPS) is 10.9. The van der Waals surface area contributed by atoms with Crippen molar-refractivity contribution in [3.63, 3.8) is 0 Å². The lowest BCUT2D eigenvalue weighted by atomic mass is 10.3. The molecule has 0 N–H and O–H groups in total. The van der Waals surface area contributed by atoms with Gasteiger partial charge in [0.2, 0.25) is 0 Å². The standard InChI is InChI=1S/C4H2N6O8/c11-7(12)4(8(13)14,9(15)16)3-5-1-2-6(3)10(17)18/h1-2H. The fourth-order valence-electron chi connectivity index (χ4n) is 1.11. The van der Waals surface area contributed by atoms with E-state index in [1.165, 1.54) is 0 Å². The molecule has 0 radical (unpaired) electrons. The maximum atomic E-state index is 10.6. The molecule has 0 saturated heterocycles. The van der Waals surface area contributed by atoms with E-state index < -0.39 is 31.4 Å². The van der Waals surface area contributed by atoms with E-state index in [1.807, 2.05) is 0 Å². The molecule has 18 heavy (non-hydrogen) atoms. The Bertz CT molecular complexity index is 511. The summed E-state index contributed by atoms with van der Waals surface area (Å²) in [5, 5.41) is 41.0. The van der Waals surface area contributed by atoms with Gasteiger partial charge in [0.15, 0.2) is 19.8 Å². The second kappa shape index (κ2) is 4.00. The summed E-state index contributed by atoms with van der Waals surface area (Å²) in [4.78, 5) is 39.7. The summed E-state index contributed by atoms with van der Waals surface area (Å²) in [6.07, 6.45) is 1.12. The first-order valence-electron chi connectivity index (χ1n) is 3.88. The van der Waals surface area contributed by atoms with Gasteiger partial charge in [0.05, 0.1) is 12.4 Å². The van der Waals surface area contributed by atoms with Crippen molar-refractivity contribution in [3.8, 4) is 0 Å². The van der Waals surface area contributed by atoms with E-state index in [0.717, 1.165) is 0 Å². The molecular weight excluding hydrogens is 260 g/mol. The van der Waals surface area contributed by atoms with Gasteiger partial charge in [0.1, 0.15) is 0 Å². The molecule has 0 aliphatic heterocycles. The third-order valence-electron chi connectivity index (χ3n) is 1.86. The Balaban J connectivity index is 3.68. The van der Waals surface area contributed by atoms with Crippen LogP contribution in [-0.4, -0.2) is 29.5 Å². The number of hydrogen-bond donors (Lipinski definition) is 0. The molecule has 0 saturated carbocycles. The quantitative estimate of drug-likeness (QED) is 0.358. The number of aromatic nitrogens is 2. The fraction of sp³-hybridized carbons (Fsp3) is 0.250. The summed E-state index contributed by atoms with van der Waals surface area (Å²) < 4.78 is -0.256. The van der Waals surface area contributed by atoms with E-state index in [4.69, 9.17) is 0 Å². The predicted molar refractivity (Wildman–Crippen MR) is 47.3 cm³/mol. The van der Waals surface area contributed by atoms with E-state index in [0.29, 0.717) is 12.4 Å². The van der Waals surface area contributed by atoms with Gasteiger partial charge in [-0.15, -0.1) is 0 Å². The van der Waals surface area contributed by atoms with Crippen molar-refractivity contribution in [1.82, 2.24) is 9.66 Å². The maximum absolute atomic E-state index is 10.6. The van der Waals surface area contributed by atoms with Crippen molar-refractivity contribution in [3.05, 3.63) is 58.7 Å². The van der Waals surface area contributed by atoms with Gasteiger partial charge in [-0.05, 0) is 4.68 Å². The Morgan fingerprint density at radius 3 is 1.78 bits per heavy atom. The molecule has 0 fully saturated rings. The topological polar surface area (TPSA) is 190 Å². The molecule has 14 heteroatoms. The number of imidazole rings is 1. The Kier molecular flexibility index (Phi) is 2.86. The molecule has 0 aliphatic rings. The van der Waals surface area contributed by atoms with Gasteiger partial charge in [-0.1, -0.05) is 0 Å².